The topological polar surface area (TPSA) is 33.1 Å². The van der Waals surface area contributed by atoms with E-state index >= 15 is 0 Å². The Hall–Kier alpha value is -0.890. The van der Waals surface area contributed by atoms with Crippen LogP contribution in [0.25, 0.3) is 0 Å². The highest BCUT2D eigenvalue weighted by Crippen LogP contribution is 2.19. The molecule has 0 saturated heterocycles. The van der Waals surface area contributed by atoms with E-state index in [2.05, 4.69) is 26.8 Å². The molecule has 1 rings (SSSR count). The Morgan fingerprint density at radius 2 is 2.14 bits per heavy atom. The molecule has 0 amide bonds. The molecule has 1 aliphatic rings. The van der Waals surface area contributed by atoms with Crippen LogP contribution >= 0.6 is 0 Å². The third-order valence-electron chi connectivity index (χ3n) is 2.00. The van der Waals surface area contributed by atoms with Crippen molar-refractivity contribution in [2.75, 3.05) is 0 Å². The molecule has 78 valence electrons. The van der Waals surface area contributed by atoms with Crippen molar-refractivity contribution in [1.82, 2.24) is 0 Å². The van der Waals surface area contributed by atoms with Crippen LogP contribution in [0, 0.1) is 5.41 Å². The zero-order chi connectivity index (χ0) is 10.8. The zero-order valence-electron chi connectivity index (χ0n) is 9.42. The van der Waals surface area contributed by atoms with E-state index in [0.29, 0.717) is 5.71 Å². The molecule has 14 heavy (non-hydrogen) atoms. The summed E-state index contributed by atoms with van der Waals surface area (Å²) in [5, 5.41) is 7.47. The molecule has 0 aliphatic heterocycles. The second-order valence-corrected chi connectivity index (χ2v) is 4.65. The number of hydrogen-bond acceptors (Lipinski definition) is 2. The fourth-order valence-corrected chi connectivity index (χ4v) is 1.42. The van der Waals surface area contributed by atoms with Gasteiger partial charge in [-0.15, -0.1) is 0 Å². The Balaban J connectivity index is 2.53. The Bertz CT molecular complexity index is 281. The van der Waals surface area contributed by atoms with E-state index in [-0.39, 0.29) is 11.7 Å². The third kappa shape index (κ3) is 3.46. The number of rotatable bonds is 2. The molecule has 0 aromatic rings. The van der Waals surface area contributed by atoms with E-state index in [9.17, 15) is 0 Å². The lowest BCUT2D eigenvalue weighted by atomic mass is 10.0. The summed E-state index contributed by atoms with van der Waals surface area (Å²) < 4.78 is 5.80. The summed E-state index contributed by atoms with van der Waals surface area (Å²) in [6.45, 7) is 7.98. The van der Waals surface area contributed by atoms with Gasteiger partial charge in [0.25, 0.3) is 0 Å². The highest BCUT2D eigenvalue weighted by molar-refractivity contribution is 5.98. The quantitative estimate of drug-likeness (QED) is 0.672. The molecule has 2 nitrogen and oxygen atoms in total. The lowest BCUT2D eigenvalue weighted by Gasteiger charge is -2.26. The molecule has 0 bridgehead atoms. The van der Waals surface area contributed by atoms with Crippen LogP contribution in [0.1, 0.15) is 34.1 Å². The minimum atomic E-state index is -0.0971. The van der Waals surface area contributed by atoms with Gasteiger partial charge in [0.1, 0.15) is 0 Å². The molecule has 0 aromatic carbocycles. The normalized spacial score (nSPS) is 22.0. The van der Waals surface area contributed by atoms with Gasteiger partial charge in [-0.3, -0.25) is 0 Å². The van der Waals surface area contributed by atoms with Crippen LogP contribution in [0.4, 0.5) is 0 Å². The standard InChI is InChI=1S/C12H19NO/c1-9(13)10-5-7-11(8-6-10)14-12(2,3)4/h5-7,11,13H,8H2,1-4H3. The minimum absolute atomic E-state index is 0.0971. The smallest absolute Gasteiger partial charge is 0.0800 e. The number of ether oxygens (including phenoxy) is 1. The zero-order valence-corrected chi connectivity index (χ0v) is 9.42. The van der Waals surface area contributed by atoms with Crippen LogP contribution in [0.3, 0.4) is 0 Å². The van der Waals surface area contributed by atoms with Crippen molar-refractivity contribution in [1.29, 1.82) is 5.41 Å². The highest BCUT2D eigenvalue weighted by Gasteiger charge is 2.17. The lowest BCUT2D eigenvalue weighted by Crippen LogP contribution is -2.26. The maximum absolute atomic E-state index is 7.47. The number of hydrogen-bond donors (Lipinski definition) is 1. The van der Waals surface area contributed by atoms with E-state index in [4.69, 9.17) is 10.1 Å². The minimum Gasteiger partial charge on any atom is -0.368 e. The third-order valence-corrected chi connectivity index (χ3v) is 2.00. The van der Waals surface area contributed by atoms with Crippen LogP contribution in [-0.4, -0.2) is 17.4 Å². The van der Waals surface area contributed by atoms with E-state index in [0.717, 1.165) is 12.0 Å². The van der Waals surface area contributed by atoms with E-state index in [1.54, 1.807) is 6.92 Å². The SMILES string of the molecule is CC(=N)C1=CCC(OC(C)(C)C)C=C1. The fraction of sp³-hybridized carbons (Fsp3) is 0.583. The van der Waals surface area contributed by atoms with E-state index < -0.39 is 0 Å². The van der Waals surface area contributed by atoms with Crippen molar-refractivity contribution < 1.29 is 4.74 Å². The molecule has 2 heteroatoms. The Kier molecular flexibility index (Phi) is 3.27. The maximum Gasteiger partial charge on any atom is 0.0800 e. The first kappa shape index (κ1) is 11.2. The van der Waals surface area contributed by atoms with E-state index in [1.165, 1.54) is 0 Å². The van der Waals surface area contributed by atoms with Gasteiger partial charge in [0, 0.05) is 5.71 Å². The van der Waals surface area contributed by atoms with Crippen LogP contribution in [0.15, 0.2) is 23.8 Å². The van der Waals surface area contributed by atoms with Gasteiger partial charge in [0.2, 0.25) is 0 Å². The van der Waals surface area contributed by atoms with Gasteiger partial charge in [-0.1, -0.05) is 18.2 Å². The molecule has 1 N–H and O–H groups in total. The molecular formula is C12H19NO. The van der Waals surface area contributed by atoms with Gasteiger partial charge in [-0.2, -0.15) is 0 Å². The Labute approximate surface area is 86.2 Å². The van der Waals surface area contributed by atoms with Crippen LogP contribution < -0.4 is 0 Å². The van der Waals surface area contributed by atoms with Crippen molar-refractivity contribution in [2.45, 2.75) is 45.8 Å². The molecule has 0 aromatic heterocycles. The predicted molar refractivity (Wildman–Crippen MR) is 59.9 cm³/mol. The van der Waals surface area contributed by atoms with Crippen LogP contribution in [0.2, 0.25) is 0 Å². The molecule has 0 heterocycles. The molecule has 1 aliphatic carbocycles. The largest absolute Gasteiger partial charge is 0.368 e. The first-order chi connectivity index (χ1) is 6.38. The van der Waals surface area contributed by atoms with Gasteiger partial charge in [0.15, 0.2) is 0 Å². The van der Waals surface area contributed by atoms with Gasteiger partial charge in [-0.25, -0.2) is 0 Å². The number of allylic oxidation sites excluding steroid dienone is 2. The lowest BCUT2D eigenvalue weighted by molar-refractivity contribution is -0.0368. The summed E-state index contributed by atoms with van der Waals surface area (Å²) in [6, 6.07) is 0. The molecule has 1 unspecified atom stereocenters. The van der Waals surface area contributed by atoms with Gasteiger partial charge >= 0.3 is 0 Å². The van der Waals surface area contributed by atoms with Crippen molar-refractivity contribution in [3.63, 3.8) is 0 Å². The summed E-state index contributed by atoms with van der Waals surface area (Å²) in [7, 11) is 0. The Morgan fingerprint density at radius 1 is 1.50 bits per heavy atom. The Morgan fingerprint density at radius 3 is 2.50 bits per heavy atom. The fourth-order valence-electron chi connectivity index (χ4n) is 1.42. The maximum atomic E-state index is 7.47. The average Bonchev–Trinajstić information content (AvgIpc) is 2.02. The number of nitrogens with one attached hydrogen (secondary N) is 1. The molecule has 0 radical (unpaired) electrons. The summed E-state index contributed by atoms with van der Waals surface area (Å²) >= 11 is 0. The second kappa shape index (κ2) is 4.09. The van der Waals surface area contributed by atoms with Crippen LogP contribution in [0.5, 0.6) is 0 Å². The summed E-state index contributed by atoms with van der Waals surface area (Å²) in [6.07, 6.45) is 7.12. The highest BCUT2D eigenvalue weighted by atomic mass is 16.5. The van der Waals surface area contributed by atoms with Crippen LogP contribution in [-0.2, 0) is 4.74 Å². The predicted octanol–water partition coefficient (Wildman–Crippen LogP) is 3.10. The average molecular weight is 193 g/mol. The van der Waals surface area contributed by atoms with Crippen molar-refractivity contribution in [2.24, 2.45) is 0 Å². The second-order valence-electron chi connectivity index (χ2n) is 4.65. The van der Waals surface area contributed by atoms with E-state index in [1.807, 2.05) is 12.2 Å². The summed E-state index contributed by atoms with van der Waals surface area (Å²) in [4.78, 5) is 0. The van der Waals surface area contributed by atoms with Gasteiger partial charge in [-0.05, 0) is 39.7 Å². The first-order valence-electron chi connectivity index (χ1n) is 5.00. The van der Waals surface area contributed by atoms with Crippen molar-refractivity contribution >= 4 is 5.71 Å². The van der Waals surface area contributed by atoms with Crippen molar-refractivity contribution in [3.05, 3.63) is 23.8 Å². The monoisotopic (exact) mass is 193 g/mol. The molecule has 0 spiro atoms. The summed E-state index contributed by atoms with van der Waals surface area (Å²) in [5.74, 6) is 0. The van der Waals surface area contributed by atoms with Gasteiger partial charge in [0.05, 0.1) is 11.7 Å². The molecular weight excluding hydrogens is 174 g/mol. The first-order valence-corrected chi connectivity index (χ1v) is 5.00. The summed E-state index contributed by atoms with van der Waals surface area (Å²) in [5.41, 5.74) is 1.54. The molecule has 1 atom stereocenters. The molecule has 0 fully saturated rings. The molecule has 0 saturated carbocycles. The van der Waals surface area contributed by atoms with Crippen molar-refractivity contribution in [3.8, 4) is 0 Å². The van der Waals surface area contributed by atoms with Gasteiger partial charge < -0.3 is 10.1 Å².